The maximum Gasteiger partial charge on any atom is 0.187 e. The summed E-state index contributed by atoms with van der Waals surface area (Å²) in [5.41, 5.74) is 0.0881. The van der Waals surface area contributed by atoms with Crippen molar-refractivity contribution in [3.05, 3.63) is 0 Å². The molecular formula is C21H36O5. The number of aliphatic hydroxyl groups is 3. The minimum atomic E-state index is -1.23. The van der Waals surface area contributed by atoms with E-state index in [1.54, 1.807) is 6.92 Å². The lowest BCUT2D eigenvalue weighted by Crippen LogP contribution is -2.59. The fourth-order valence-electron chi connectivity index (χ4n) is 6.79. The topological polar surface area (TPSA) is 79.2 Å². The van der Waals surface area contributed by atoms with Gasteiger partial charge in [0.25, 0.3) is 0 Å². The van der Waals surface area contributed by atoms with E-state index in [0.717, 1.165) is 31.1 Å². The van der Waals surface area contributed by atoms with Crippen molar-refractivity contribution in [1.29, 1.82) is 0 Å². The number of hydrogen-bond acceptors (Lipinski definition) is 5. The first kappa shape index (κ1) is 19.1. The molecular weight excluding hydrogens is 332 g/mol. The third-order valence-corrected chi connectivity index (χ3v) is 8.54. The average molecular weight is 369 g/mol. The number of fused-ring (bicyclic) bond motifs is 3. The summed E-state index contributed by atoms with van der Waals surface area (Å²) in [7, 11) is 0. The van der Waals surface area contributed by atoms with Crippen LogP contribution in [0.15, 0.2) is 0 Å². The van der Waals surface area contributed by atoms with E-state index in [0.29, 0.717) is 23.2 Å². The molecule has 0 spiro atoms. The van der Waals surface area contributed by atoms with Crippen molar-refractivity contribution < 1.29 is 24.8 Å². The Bertz CT molecular complexity index is 551. The summed E-state index contributed by atoms with van der Waals surface area (Å²) in [4.78, 5) is 0. The molecule has 1 saturated heterocycles. The zero-order valence-electron chi connectivity index (χ0n) is 16.8. The zero-order chi connectivity index (χ0) is 19.0. The second-order valence-electron chi connectivity index (χ2n) is 10.3. The zero-order valence-corrected chi connectivity index (χ0v) is 16.8. The van der Waals surface area contributed by atoms with Crippen molar-refractivity contribution in [2.75, 3.05) is 0 Å². The van der Waals surface area contributed by atoms with Gasteiger partial charge in [-0.3, -0.25) is 0 Å². The lowest BCUT2D eigenvalue weighted by atomic mass is 9.74. The number of ether oxygens (including phenoxy) is 2. The van der Waals surface area contributed by atoms with Gasteiger partial charge in [0.05, 0.1) is 11.7 Å². The molecule has 4 aliphatic rings. The highest BCUT2D eigenvalue weighted by Gasteiger charge is 2.67. The summed E-state index contributed by atoms with van der Waals surface area (Å²) >= 11 is 0. The highest BCUT2D eigenvalue weighted by molar-refractivity contribution is 5.15. The molecule has 0 bridgehead atoms. The van der Waals surface area contributed by atoms with E-state index in [-0.39, 0.29) is 5.60 Å². The van der Waals surface area contributed by atoms with Crippen molar-refractivity contribution in [3.63, 3.8) is 0 Å². The van der Waals surface area contributed by atoms with Crippen LogP contribution in [0.2, 0.25) is 0 Å². The van der Waals surface area contributed by atoms with Crippen LogP contribution >= 0.6 is 0 Å². The van der Waals surface area contributed by atoms with Crippen LogP contribution in [0.25, 0.3) is 0 Å². The molecule has 0 aromatic rings. The first-order valence-corrected chi connectivity index (χ1v) is 10.5. The fraction of sp³-hybridized carbons (Fsp3) is 1.00. The van der Waals surface area contributed by atoms with Crippen LogP contribution in [0, 0.1) is 35.0 Å². The quantitative estimate of drug-likeness (QED) is 0.697. The number of aliphatic hydroxyl groups excluding tert-OH is 3. The minimum Gasteiger partial charge on any atom is -0.388 e. The lowest BCUT2D eigenvalue weighted by molar-refractivity contribution is -0.327. The van der Waals surface area contributed by atoms with Crippen molar-refractivity contribution in [3.8, 4) is 0 Å². The molecule has 150 valence electrons. The Morgan fingerprint density at radius 1 is 0.885 bits per heavy atom. The van der Waals surface area contributed by atoms with Gasteiger partial charge in [-0.15, -0.1) is 0 Å². The number of rotatable bonds is 2. The Hall–Kier alpha value is -0.200. The lowest BCUT2D eigenvalue weighted by Gasteiger charge is -2.46. The summed E-state index contributed by atoms with van der Waals surface area (Å²) in [6, 6.07) is 0. The molecule has 26 heavy (non-hydrogen) atoms. The minimum absolute atomic E-state index is 0.355. The molecule has 4 rings (SSSR count). The summed E-state index contributed by atoms with van der Waals surface area (Å²) in [5, 5.41) is 30.5. The largest absolute Gasteiger partial charge is 0.388 e. The first-order chi connectivity index (χ1) is 12.1. The monoisotopic (exact) mass is 368 g/mol. The Morgan fingerprint density at radius 2 is 1.58 bits per heavy atom. The highest BCUT2D eigenvalue weighted by Crippen LogP contribution is 2.71. The molecule has 0 radical (unpaired) electrons. The summed E-state index contributed by atoms with van der Waals surface area (Å²) in [5.74, 6) is 3.38. The summed E-state index contributed by atoms with van der Waals surface area (Å²) in [6.45, 7) is 11.1. The Balaban J connectivity index is 1.56. The van der Waals surface area contributed by atoms with Crippen LogP contribution in [0.3, 0.4) is 0 Å². The van der Waals surface area contributed by atoms with E-state index in [1.165, 1.54) is 6.42 Å². The van der Waals surface area contributed by atoms with E-state index >= 15 is 0 Å². The van der Waals surface area contributed by atoms with Gasteiger partial charge in [0, 0.05) is 0 Å². The normalized spacial score (nSPS) is 58.6. The molecule has 5 nitrogen and oxygen atoms in total. The van der Waals surface area contributed by atoms with Crippen molar-refractivity contribution in [1.82, 2.24) is 0 Å². The third kappa shape index (κ3) is 2.69. The van der Waals surface area contributed by atoms with Crippen LogP contribution in [-0.2, 0) is 9.47 Å². The van der Waals surface area contributed by atoms with Crippen LogP contribution < -0.4 is 0 Å². The van der Waals surface area contributed by atoms with E-state index in [4.69, 9.17) is 9.47 Å². The highest BCUT2D eigenvalue weighted by atomic mass is 16.7. The molecule has 0 amide bonds. The van der Waals surface area contributed by atoms with Crippen LogP contribution in [0.5, 0.6) is 0 Å². The summed E-state index contributed by atoms with van der Waals surface area (Å²) < 4.78 is 12.2. The van der Waals surface area contributed by atoms with E-state index in [2.05, 4.69) is 27.7 Å². The Labute approximate surface area is 157 Å². The van der Waals surface area contributed by atoms with E-state index < -0.39 is 30.7 Å². The van der Waals surface area contributed by atoms with Gasteiger partial charge in [-0.2, -0.15) is 0 Å². The Kier molecular flexibility index (Phi) is 4.52. The maximum absolute atomic E-state index is 10.4. The van der Waals surface area contributed by atoms with Gasteiger partial charge in [0.2, 0.25) is 0 Å². The van der Waals surface area contributed by atoms with Gasteiger partial charge in [-0.1, -0.05) is 27.2 Å². The molecule has 3 saturated carbocycles. The average Bonchev–Trinajstić information content (AvgIpc) is 2.95. The second kappa shape index (κ2) is 6.15. The maximum atomic E-state index is 10.4. The van der Waals surface area contributed by atoms with Gasteiger partial charge in [-0.25, -0.2) is 0 Å². The second-order valence-corrected chi connectivity index (χ2v) is 10.3. The molecule has 1 aliphatic heterocycles. The molecule has 3 N–H and O–H groups in total. The van der Waals surface area contributed by atoms with E-state index in [1.807, 2.05) is 0 Å². The SMILES string of the molecule is C[C@@H]1CC[C@H]2[C@@H]1[C@H]1[C@@H](CC[C@@]2(C)O[C@@H]2O[C@H](C)[C@H](O)[C@H](O)[C@H]2O)C1(C)C. The Morgan fingerprint density at radius 3 is 2.27 bits per heavy atom. The molecule has 0 aromatic carbocycles. The van der Waals surface area contributed by atoms with Gasteiger partial charge in [0.1, 0.15) is 18.3 Å². The molecule has 3 aliphatic carbocycles. The predicted molar refractivity (Wildman–Crippen MR) is 97.2 cm³/mol. The number of hydrogen-bond donors (Lipinski definition) is 3. The van der Waals surface area contributed by atoms with Crippen LogP contribution in [0.1, 0.15) is 60.3 Å². The van der Waals surface area contributed by atoms with Crippen molar-refractivity contribution >= 4 is 0 Å². The molecule has 1 heterocycles. The van der Waals surface area contributed by atoms with Gasteiger partial charge < -0.3 is 24.8 Å². The van der Waals surface area contributed by atoms with Crippen molar-refractivity contribution in [2.45, 2.75) is 96.6 Å². The van der Waals surface area contributed by atoms with Crippen LogP contribution in [-0.4, -0.2) is 51.6 Å². The smallest absolute Gasteiger partial charge is 0.187 e. The molecule has 11 atom stereocenters. The molecule has 0 unspecified atom stereocenters. The first-order valence-electron chi connectivity index (χ1n) is 10.5. The van der Waals surface area contributed by atoms with E-state index in [9.17, 15) is 15.3 Å². The molecule has 4 fully saturated rings. The molecule has 5 heteroatoms. The third-order valence-electron chi connectivity index (χ3n) is 8.54. The standard InChI is InChI=1S/C21H36O5/c1-10-6-7-12-14(10)15-13(20(15,3)4)8-9-21(12,5)26-19-18(24)17(23)16(22)11(2)25-19/h10-19,22-24H,6-9H2,1-5H3/t10-,11-,12+,13-,14-,15-,16+,17+,18-,19+,21-/m1/s1. The molecule has 0 aromatic heterocycles. The predicted octanol–water partition coefficient (Wildman–Crippen LogP) is 2.32. The van der Waals surface area contributed by atoms with Gasteiger partial charge in [0.15, 0.2) is 6.29 Å². The van der Waals surface area contributed by atoms with Gasteiger partial charge in [-0.05, 0) is 68.1 Å². The fourth-order valence-corrected chi connectivity index (χ4v) is 6.79. The summed E-state index contributed by atoms with van der Waals surface area (Å²) in [6.07, 6.45) is -0.466. The van der Waals surface area contributed by atoms with Gasteiger partial charge >= 0.3 is 0 Å². The van der Waals surface area contributed by atoms with Crippen molar-refractivity contribution in [2.24, 2.45) is 35.0 Å². The van der Waals surface area contributed by atoms with Crippen LogP contribution in [0.4, 0.5) is 0 Å².